The Morgan fingerprint density at radius 3 is 2.42 bits per heavy atom. The van der Waals surface area contributed by atoms with E-state index in [0.29, 0.717) is 56.5 Å². The number of pyridine rings is 1. The SMILES string of the molecule is CCn1cc(C(=O)N2CC(C)CC(C)C2)c(=O)c2cc(S(=O)(=O)N3CCc4ccccc4C3)ccc21. The minimum Gasteiger partial charge on any atom is -0.347 e. The van der Waals surface area contributed by atoms with Gasteiger partial charge in [-0.05, 0) is 60.9 Å². The molecule has 0 aliphatic carbocycles. The molecule has 3 heterocycles. The quantitative estimate of drug-likeness (QED) is 0.537. The summed E-state index contributed by atoms with van der Waals surface area (Å²) in [6.07, 6.45) is 3.34. The first-order valence-corrected chi connectivity index (χ1v) is 14.2. The van der Waals surface area contributed by atoms with E-state index in [1.165, 1.54) is 10.4 Å². The summed E-state index contributed by atoms with van der Waals surface area (Å²) in [4.78, 5) is 28.9. The molecule has 0 radical (unpaired) electrons. The molecular weight excluding hydrogens is 474 g/mol. The number of benzene rings is 2. The molecule has 2 aliphatic heterocycles. The molecule has 0 spiro atoms. The number of nitrogens with zero attached hydrogens (tertiary/aromatic N) is 3. The fourth-order valence-electron chi connectivity index (χ4n) is 5.77. The smallest absolute Gasteiger partial charge is 0.259 e. The first-order valence-electron chi connectivity index (χ1n) is 12.7. The van der Waals surface area contributed by atoms with Crippen molar-refractivity contribution in [3.63, 3.8) is 0 Å². The lowest BCUT2D eigenvalue weighted by atomic mass is 9.91. The number of sulfonamides is 1. The molecule has 8 heteroatoms. The van der Waals surface area contributed by atoms with Crippen molar-refractivity contribution in [2.24, 2.45) is 11.8 Å². The van der Waals surface area contributed by atoms with Crippen LogP contribution in [0.25, 0.3) is 10.9 Å². The highest BCUT2D eigenvalue weighted by atomic mass is 32.2. The second-order valence-electron chi connectivity index (χ2n) is 10.4. The number of carbonyl (C=O) groups excluding carboxylic acids is 1. The molecule has 190 valence electrons. The molecule has 5 rings (SSSR count). The van der Waals surface area contributed by atoms with E-state index in [4.69, 9.17) is 0 Å². The Hall–Kier alpha value is -2.97. The monoisotopic (exact) mass is 507 g/mol. The molecule has 1 aromatic heterocycles. The molecule has 1 fully saturated rings. The normalized spacial score (nSPS) is 20.9. The van der Waals surface area contributed by atoms with E-state index >= 15 is 0 Å². The van der Waals surface area contributed by atoms with Gasteiger partial charge in [-0.25, -0.2) is 8.42 Å². The highest BCUT2D eigenvalue weighted by molar-refractivity contribution is 7.89. The van der Waals surface area contributed by atoms with Crippen LogP contribution in [0.1, 0.15) is 48.7 Å². The molecule has 0 saturated carbocycles. The van der Waals surface area contributed by atoms with E-state index in [2.05, 4.69) is 13.8 Å². The predicted octanol–water partition coefficient (Wildman–Crippen LogP) is 3.89. The topological polar surface area (TPSA) is 79.7 Å². The van der Waals surface area contributed by atoms with Crippen molar-refractivity contribution < 1.29 is 13.2 Å². The van der Waals surface area contributed by atoms with Crippen molar-refractivity contribution in [1.29, 1.82) is 0 Å². The molecule has 36 heavy (non-hydrogen) atoms. The van der Waals surface area contributed by atoms with Gasteiger partial charge in [0.2, 0.25) is 15.5 Å². The van der Waals surface area contributed by atoms with Crippen LogP contribution in [0, 0.1) is 11.8 Å². The van der Waals surface area contributed by atoms with Crippen LogP contribution in [-0.2, 0) is 29.5 Å². The number of rotatable bonds is 4. The lowest BCUT2D eigenvalue weighted by Gasteiger charge is -2.35. The first kappa shape index (κ1) is 24.7. The second-order valence-corrected chi connectivity index (χ2v) is 12.3. The van der Waals surface area contributed by atoms with E-state index in [9.17, 15) is 18.0 Å². The molecule has 1 saturated heterocycles. The van der Waals surface area contributed by atoms with Crippen molar-refractivity contribution in [2.45, 2.75) is 51.6 Å². The van der Waals surface area contributed by atoms with Gasteiger partial charge in [0.15, 0.2) is 0 Å². The molecule has 0 N–H and O–H groups in total. The third-order valence-electron chi connectivity index (χ3n) is 7.51. The number of carbonyl (C=O) groups is 1. The number of piperidine rings is 1. The number of hydrogen-bond donors (Lipinski definition) is 0. The Morgan fingerprint density at radius 1 is 1.03 bits per heavy atom. The highest BCUT2D eigenvalue weighted by Crippen LogP contribution is 2.27. The number of amides is 1. The fraction of sp³-hybridized carbons (Fsp3) is 0.429. The largest absolute Gasteiger partial charge is 0.347 e. The van der Waals surface area contributed by atoms with Crippen molar-refractivity contribution in [3.05, 3.63) is 75.6 Å². The van der Waals surface area contributed by atoms with Crippen LogP contribution >= 0.6 is 0 Å². The Morgan fingerprint density at radius 2 is 1.72 bits per heavy atom. The molecule has 3 aromatic rings. The summed E-state index contributed by atoms with van der Waals surface area (Å²) in [5.41, 5.74) is 2.48. The third kappa shape index (κ3) is 4.37. The van der Waals surface area contributed by atoms with Gasteiger partial charge in [-0.15, -0.1) is 0 Å². The predicted molar refractivity (Wildman–Crippen MR) is 140 cm³/mol. The molecule has 2 unspecified atom stereocenters. The minimum atomic E-state index is -3.81. The van der Waals surface area contributed by atoms with E-state index in [0.717, 1.165) is 17.5 Å². The second kappa shape index (κ2) is 9.48. The van der Waals surface area contributed by atoms with Gasteiger partial charge in [-0.3, -0.25) is 9.59 Å². The van der Waals surface area contributed by atoms with Gasteiger partial charge in [0.1, 0.15) is 5.56 Å². The Labute approximate surface area is 212 Å². The van der Waals surface area contributed by atoms with Crippen LogP contribution in [-0.4, -0.2) is 47.7 Å². The minimum absolute atomic E-state index is 0.0824. The molecule has 0 bridgehead atoms. The molecule has 7 nitrogen and oxygen atoms in total. The van der Waals surface area contributed by atoms with E-state index in [1.807, 2.05) is 35.8 Å². The number of fused-ring (bicyclic) bond motifs is 2. The van der Waals surface area contributed by atoms with Gasteiger partial charge in [-0.1, -0.05) is 38.1 Å². The number of hydrogen-bond acceptors (Lipinski definition) is 4. The number of aryl methyl sites for hydroxylation is 1. The average molecular weight is 508 g/mol. The van der Waals surface area contributed by atoms with Crippen molar-refractivity contribution in [3.8, 4) is 0 Å². The summed E-state index contributed by atoms with van der Waals surface area (Å²) in [6, 6.07) is 12.6. The molecule has 2 aromatic carbocycles. The van der Waals surface area contributed by atoms with Crippen molar-refractivity contribution >= 4 is 26.8 Å². The van der Waals surface area contributed by atoms with Gasteiger partial charge >= 0.3 is 0 Å². The summed E-state index contributed by atoms with van der Waals surface area (Å²) in [5.74, 6) is 0.472. The zero-order chi connectivity index (χ0) is 25.6. The van der Waals surface area contributed by atoms with Crippen LogP contribution < -0.4 is 5.43 Å². The summed E-state index contributed by atoms with van der Waals surface area (Å²) in [7, 11) is -3.81. The van der Waals surface area contributed by atoms with Gasteiger partial charge in [0, 0.05) is 44.3 Å². The summed E-state index contributed by atoms with van der Waals surface area (Å²) >= 11 is 0. The van der Waals surface area contributed by atoms with Crippen molar-refractivity contribution in [2.75, 3.05) is 19.6 Å². The van der Waals surface area contributed by atoms with Gasteiger partial charge in [-0.2, -0.15) is 4.31 Å². The highest BCUT2D eigenvalue weighted by Gasteiger charge is 2.31. The lowest BCUT2D eigenvalue weighted by molar-refractivity contribution is 0.0621. The standard InChI is InChI=1S/C28H33N3O4S/c1-4-29-18-25(28(33)30-15-19(2)13-20(3)16-30)27(32)24-14-23(9-10-26(24)29)36(34,35)31-12-11-21-7-5-6-8-22(21)17-31/h5-10,14,18-20H,4,11-13,15-17H2,1-3H3. The maximum atomic E-state index is 13.6. The first-order chi connectivity index (χ1) is 17.2. The Bertz CT molecular complexity index is 1480. The zero-order valence-corrected chi connectivity index (χ0v) is 21.9. The van der Waals surface area contributed by atoms with Crippen LogP contribution in [0.3, 0.4) is 0 Å². The van der Waals surface area contributed by atoms with Crippen LogP contribution in [0.5, 0.6) is 0 Å². The maximum absolute atomic E-state index is 13.6. The van der Waals surface area contributed by atoms with E-state index in [1.54, 1.807) is 23.2 Å². The van der Waals surface area contributed by atoms with E-state index < -0.39 is 15.5 Å². The molecule has 2 aliphatic rings. The van der Waals surface area contributed by atoms with Crippen LogP contribution in [0.4, 0.5) is 0 Å². The van der Waals surface area contributed by atoms with Gasteiger partial charge in [0.05, 0.1) is 10.4 Å². The summed E-state index contributed by atoms with van der Waals surface area (Å²) in [6.45, 7) is 8.68. The summed E-state index contributed by atoms with van der Waals surface area (Å²) in [5, 5.41) is 0.263. The lowest BCUT2D eigenvalue weighted by Crippen LogP contribution is -2.44. The van der Waals surface area contributed by atoms with Crippen LogP contribution in [0.2, 0.25) is 0 Å². The summed E-state index contributed by atoms with van der Waals surface area (Å²) < 4.78 is 30.5. The van der Waals surface area contributed by atoms with Gasteiger partial charge in [0.25, 0.3) is 5.91 Å². The molecule has 1 amide bonds. The Balaban J connectivity index is 1.55. The number of aromatic nitrogens is 1. The van der Waals surface area contributed by atoms with Crippen molar-refractivity contribution in [1.82, 2.24) is 13.8 Å². The van der Waals surface area contributed by atoms with Gasteiger partial charge < -0.3 is 9.47 Å². The fourth-order valence-corrected chi connectivity index (χ4v) is 7.22. The van der Waals surface area contributed by atoms with E-state index in [-0.39, 0.29) is 21.8 Å². The Kier molecular flexibility index (Phi) is 6.51. The average Bonchev–Trinajstić information content (AvgIpc) is 2.87. The third-order valence-corrected chi connectivity index (χ3v) is 9.35. The molecular formula is C28H33N3O4S. The zero-order valence-electron chi connectivity index (χ0n) is 21.1. The van der Waals surface area contributed by atoms with Crippen LogP contribution in [0.15, 0.2) is 58.4 Å². The number of likely N-dealkylation sites (tertiary alicyclic amines) is 1. The maximum Gasteiger partial charge on any atom is 0.259 e. The molecule has 2 atom stereocenters.